The van der Waals surface area contributed by atoms with Crippen molar-refractivity contribution in [2.45, 2.75) is 65.3 Å². The monoisotopic (exact) mass is 538 g/mol. The number of likely N-dealkylation sites (tertiary alicyclic amines) is 1. The molecule has 11 heteroatoms. The number of carboxylic acid groups (broad SMARTS) is 1. The van der Waals surface area contributed by atoms with Gasteiger partial charge in [0.05, 0.1) is 13.2 Å². The lowest BCUT2D eigenvalue weighted by Crippen LogP contribution is -2.42. The number of hydrogen-bond acceptors (Lipinski definition) is 9. The first-order valence-electron chi connectivity index (χ1n) is 13.5. The van der Waals surface area contributed by atoms with E-state index in [2.05, 4.69) is 15.0 Å². The van der Waals surface area contributed by atoms with E-state index in [0.29, 0.717) is 67.1 Å². The van der Waals surface area contributed by atoms with Gasteiger partial charge < -0.3 is 28.6 Å². The summed E-state index contributed by atoms with van der Waals surface area (Å²) in [4.78, 5) is 39.0. The molecule has 1 atom stereocenters. The van der Waals surface area contributed by atoms with E-state index in [1.54, 1.807) is 0 Å². The van der Waals surface area contributed by atoms with Crippen molar-refractivity contribution in [2.24, 2.45) is 5.92 Å². The Morgan fingerprint density at radius 2 is 1.82 bits per heavy atom. The number of ether oxygens (including phenoxy) is 3. The predicted octanol–water partition coefficient (Wildman–Crippen LogP) is 4.32. The number of carbonyl (C=O) groups excluding carboxylic acids is 1. The van der Waals surface area contributed by atoms with Gasteiger partial charge in [-0.3, -0.25) is 4.79 Å². The minimum atomic E-state index is -0.985. The van der Waals surface area contributed by atoms with Gasteiger partial charge >= 0.3 is 12.0 Å². The van der Waals surface area contributed by atoms with Crippen LogP contribution in [0.1, 0.15) is 56.6 Å². The normalized spacial score (nSPS) is 17.3. The number of carbonyl (C=O) groups is 2. The van der Waals surface area contributed by atoms with Crippen molar-refractivity contribution in [1.29, 1.82) is 0 Å². The number of amides is 1. The summed E-state index contributed by atoms with van der Waals surface area (Å²) in [6.45, 7) is 6.99. The Morgan fingerprint density at radius 3 is 2.49 bits per heavy atom. The second-order valence-electron chi connectivity index (χ2n) is 10.3. The van der Waals surface area contributed by atoms with Gasteiger partial charge in [0.2, 0.25) is 5.89 Å². The molecule has 1 saturated carbocycles. The number of aliphatic carboxylic acids is 1. The molecule has 1 aromatic carbocycles. The minimum absolute atomic E-state index is 0.215. The topological polar surface area (TPSA) is 137 Å². The summed E-state index contributed by atoms with van der Waals surface area (Å²) >= 11 is 0. The van der Waals surface area contributed by atoms with E-state index in [1.807, 2.05) is 32.9 Å². The third-order valence-electron chi connectivity index (χ3n) is 7.23. The predicted molar refractivity (Wildman–Crippen MR) is 141 cm³/mol. The van der Waals surface area contributed by atoms with Crippen LogP contribution in [0.3, 0.4) is 0 Å². The Balaban J connectivity index is 1.35. The van der Waals surface area contributed by atoms with Crippen molar-refractivity contribution < 1.29 is 33.3 Å². The largest absolute Gasteiger partial charge is 0.483 e. The van der Waals surface area contributed by atoms with Crippen molar-refractivity contribution in [3.8, 4) is 29.1 Å². The van der Waals surface area contributed by atoms with Crippen molar-refractivity contribution >= 4 is 23.1 Å². The lowest BCUT2D eigenvalue weighted by Gasteiger charge is -2.24. The highest BCUT2D eigenvalue weighted by Crippen LogP contribution is 2.34. The molecular formula is C28H34N4O7. The molecular weight excluding hydrogens is 504 g/mol. The maximum absolute atomic E-state index is 12.7. The molecule has 1 saturated heterocycles. The third kappa shape index (κ3) is 5.76. The van der Waals surface area contributed by atoms with Crippen molar-refractivity contribution in [2.75, 3.05) is 26.4 Å². The molecule has 3 aromatic rings. The van der Waals surface area contributed by atoms with Gasteiger partial charge in [0.15, 0.2) is 12.1 Å². The Morgan fingerprint density at radius 1 is 1.05 bits per heavy atom. The van der Waals surface area contributed by atoms with Crippen molar-refractivity contribution in [1.82, 2.24) is 19.9 Å². The summed E-state index contributed by atoms with van der Waals surface area (Å²) in [5.74, 6) is 0.454. The zero-order chi connectivity index (χ0) is 27.5. The molecule has 1 amide bonds. The quantitative estimate of drug-likeness (QED) is 0.376. The first kappa shape index (κ1) is 26.7. The van der Waals surface area contributed by atoms with Gasteiger partial charge in [-0.1, -0.05) is 13.3 Å². The maximum Gasteiger partial charge on any atom is 0.326 e. The van der Waals surface area contributed by atoms with Gasteiger partial charge in [-0.15, -0.1) is 0 Å². The summed E-state index contributed by atoms with van der Waals surface area (Å²) in [5.41, 5.74) is 3.00. The van der Waals surface area contributed by atoms with E-state index in [4.69, 9.17) is 18.6 Å². The van der Waals surface area contributed by atoms with Gasteiger partial charge in [0.1, 0.15) is 11.8 Å². The highest BCUT2D eigenvalue weighted by Gasteiger charge is 2.34. The zero-order valence-corrected chi connectivity index (χ0v) is 22.6. The number of benzene rings is 1. The number of aromatic nitrogens is 3. The van der Waals surface area contributed by atoms with Crippen LogP contribution in [0.5, 0.6) is 17.6 Å². The summed E-state index contributed by atoms with van der Waals surface area (Å²) in [6.07, 6.45) is 5.48. The molecule has 0 radical (unpaired) electrons. The highest BCUT2D eigenvalue weighted by molar-refractivity contribution is 5.85. The average Bonchev–Trinajstić information content (AvgIpc) is 3.53. The standard InChI is InChI=1S/C28H34N4O7/c1-4-11-36-25-22-26(31-28(30-25)38-14-18-7-5-8-18)39-24(29-22)19-12-16(2)23(17(3)13-19)37-15-21(33)32-10-6-9-20(32)27(34)35/h12-13,18,20H,4-11,14-15H2,1-3H3,(H,34,35)/t20-/m0/s1. The highest BCUT2D eigenvalue weighted by atomic mass is 16.5. The summed E-state index contributed by atoms with van der Waals surface area (Å²) in [5, 5.41) is 9.36. The molecule has 1 aliphatic carbocycles. The number of rotatable bonds is 11. The Labute approximate surface area is 226 Å². The Kier molecular flexibility index (Phi) is 7.85. The van der Waals surface area contributed by atoms with Crippen LogP contribution in [-0.4, -0.2) is 69.2 Å². The third-order valence-corrected chi connectivity index (χ3v) is 7.23. The van der Waals surface area contributed by atoms with Crippen LogP contribution >= 0.6 is 0 Å². The number of hydrogen-bond donors (Lipinski definition) is 1. The fourth-order valence-electron chi connectivity index (χ4n) is 4.96. The van der Waals surface area contributed by atoms with Crippen LogP contribution in [0.15, 0.2) is 16.5 Å². The Bertz CT molecular complexity index is 1340. The minimum Gasteiger partial charge on any atom is -0.483 e. The molecule has 0 unspecified atom stereocenters. The molecule has 208 valence electrons. The molecule has 39 heavy (non-hydrogen) atoms. The molecule has 3 heterocycles. The maximum atomic E-state index is 12.7. The summed E-state index contributed by atoms with van der Waals surface area (Å²) in [6, 6.07) is 3.15. The number of oxazole rings is 1. The smallest absolute Gasteiger partial charge is 0.326 e. The van der Waals surface area contributed by atoms with Crippen molar-refractivity contribution in [3.63, 3.8) is 0 Å². The van der Waals surface area contributed by atoms with Gasteiger partial charge in [0.25, 0.3) is 17.5 Å². The lowest BCUT2D eigenvalue weighted by atomic mass is 9.86. The van der Waals surface area contributed by atoms with Crippen LogP contribution in [0.4, 0.5) is 0 Å². The molecule has 2 aromatic heterocycles. The Hall–Kier alpha value is -3.89. The molecule has 1 N–H and O–H groups in total. The number of fused-ring (bicyclic) bond motifs is 1. The molecule has 0 bridgehead atoms. The van der Waals surface area contributed by atoms with Crippen LogP contribution < -0.4 is 14.2 Å². The number of aryl methyl sites for hydroxylation is 2. The molecule has 1 aliphatic heterocycles. The van der Waals surface area contributed by atoms with Gasteiger partial charge in [-0.05, 0) is 75.1 Å². The number of carboxylic acids is 1. The summed E-state index contributed by atoms with van der Waals surface area (Å²) < 4.78 is 23.6. The van der Waals surface area contributed by atoms with Crippen molar-refractivity contribution in [3.05, 3.63) is 23.3 Å². The van der Waals surface area contributed by atoms with E-state index in [0.717, 1.165) is 30.4 Å². The van der Waals surface area contributed by atoms with Gasteiger partial charge in [-0.2, -0.15) is 9.97 Å². The summed E-state index contributed by atoms with van der Waals surface area (Å²) in [7, 11) is 0. The number of nitrogens with zero attached hydrogens (tertiary/aromatic N) is 4. The van der Waals surface area contributed by atoms with Crippen LogP contribution in [-0.2, 0) is 9.59 Å². The van der Waals surface area contributed by atoms with Crippen LogP contribution in [0, 0.1) is 19.8 Å². The van der Waals surface area contributed by atoms with E-state index < -0.39 is 12.0 Å². The van der Waals surface area contributed by atoms with E-state index in [9.17, 15) is 14.7 Å². The van der Waals surface area contributed by atoms with E-state index in [1.165, 1.54) is 11.3 Å². The molecule has 11 nitrogen and oxygen atoms in total. The SMILES string of the molecule is CCCOc1nc(OCC2CCC2)nc2oc(-c3cc(C)c(OCC(=O)N4CCC[C@H]4C(=O)O)c(C)c3)nc12. The van der Waals surface area contributed by atoms with Gasteiger partial charge in [0, 0.05) is 12.1 Å². The second-order valence-corrected chi connectivity index (χ2v) is 10.3. The van der Waals surface area contributed by atoms with E-state index in [-0.39, 0.29) is 24.2 Å². The lowest BCUT2D eigenvalue weighted by molar-refractivity contribution is -0.149. The molecule has 0 spiro atoms. The second kappa shape index (κ2) is 11.5. The van der Waals surface area contributed by atoms with Gasteiger partial charge in [-0.25, -0.2) is 9.78 Å². The first-order valence-corrected chi connectivity index (χ1v) is 13.5. The zero-order valence-electron chi connectivity index (χ0n) is 22.6. The molecule has 2 aliphatic rings. The molecule has 2 fully saturated rings. The first-order chi connectivity index (χ1) is 18.8. The van der Waals surface area contributed by atoms with Crippen LogP contribution in [0.2, 0.25) is 0 Å². The van der Waals surface area contributed by atoms with E-state index >= 15 is 0 Å². The average molecular weight is 539 g/mol. The fraction of sp³-hybridized carbons (Fsp3) is 0.536. The van der Waals surface area contributed by atoms with Crippen LogP contribution in [0.25, 0.3) is 22.7 Å². The fourth-order valence-corrected chi connectivity index (χ4v) is 4.96. The molecule has 5 rings (SSSR count).